The van der Waals surface area contributed by atoms with Crippen LogP contribution in [0, 0.1) is 11.3 Å². The third-order valence-corrected chi connectivity index (χ3v) is 3.07. The summed E-state index contributed by atoms with van der Waals surface area (Å²) in [7, 11) is 0. The molecule has 0 fully saturated rings. The van der Waals surface area contributed by atoms with E-state index in [1.807, 2.05) is 6.07 Å². The molecule has 0 spiro atoms. The highest BCUT2D eigenvalue weighted by Gasteiger charge is 2.02. The van der Waals surface area contributed by atoms with E-state index in [0.717, 1.165) is 5.69 Å². The highest BCUT2D eigenvalue weighted by Crippen LogP contribution is 2.21. The molecule has 0 radical (unpaired) electrons. The number of halogens is 2. The molecular weight excluding hydrogens is 304 g/mol. The fraction of sp³-hybridized carbons (Fsp3) is 0. The van der Waals surface area contributed by atoms with E-state index in [1.54, 1.807) is 30.5 Å². The molecule has 1 heterocycles. The number of nitrogens with one attached hydrogen (secondary N) is 1. The molecule has 1 aromatic heterocycles. The van der Waals surface area contributed by atoms with Crippen molar-refractivity contribution >= 4 is 39.2 Å². The molecule has 2 rings (SSSR count). The molecule has 0 saturated heterocycles. The van der Waals surface area contributed by atoms with Gasteiger partial charge in [-0.05, 0) is 40.2 Å². The van der Waals surface area contributed by atoms with Crippen LogP contribution in [0.25, 0.3) is 0 Å². The van der Waals surface area contributed by atoms with Gasteiger partial charge in [0, 0.05) is 11.9 Å². The van der Waals surface area contributed by atoms with Crippen LogP contribution in [0.3, 0.4) is 0 Å². The molecule has 0 bridgehead atoms. The van der Waals surface area contributed by atoms with Gasteiger partial charge in [-0.25, -0.2) is 4.98 Å². The molecule has 0 unspecified atom stereocenters. The van der Waals surface area contributed by atoms with Gasteiger partial charge in [0.2, 0.25) is 5.95 Å². The van der Waals surface area contributed by atoms with Crippen LogP contribution in [0.2, 0.25) is 5.15 Å². The average molecular weight is 310 g/mol. The Labute approximate surface area is 111 Å². The van der Waals surface area contributed by atoms with E-state index >= 15 is 0 Å². The average Bonchev–Trinajstić information content (AvgIpc) is 2.35. The van der Waals surface area contributed by atoms with E-state index in [0.29, 0.717) is 21.1 Å². The normalized spacial score (nSPS) is 9.71. The number of aromatic nitrogens is 2. The van der Waals surface area contributed by atoms with Crippen molar-refractivity contribution in [3.8, 4) is 6.07 Å². The Balaban J connectivity index is 2.20. The molecule has 1 aromatic carbocycles. The Morgan fingerprint density at radius 1 is 1.29 bits per heavy atom. The zero-order valence-electron chi connectivity index (χ0n) is 8.48. The molecule has 0 saturated carbocycles. The van der Waals surface area contributed by atoms with Crippen LogP contribution in [0.4, 0.5) is 11.6 Å². The fourth-order valence-corrected chi connectivity index (χ4v) is 1.48. The summed E-state index contributed by atoms with van der Waals surface area (Å²) in [6, 6.07) is 9.02. The van der Waals surface area contributed by atoms with E-state index in [9.17, 15) is 0 Å². The van der Waals surface area contributed by atoms with Crippen molar-refractivity contribution in [2.24, 2.45) is 0 Å². The molecule has 2 aromatic rings. The first-order valence-corrected chi connectivity index (χ1v) is 5.81. The van der Waals surface area contributed by atoms with Gasteiger partial charge in [-0.2, -0.15) is 10.2 Å². The van der Waals surface area contributed by atoms with Gasteiger partial charge in [0.15, 0.2) is 0 Å². The number of hydrogen-bond acceptors (Lipinski definition) is 4. The molecule has 0 aliphatic carbocycles. The molecule has 4 nitrogen and oxygen atoms in total. The first-order valence-electron chi connectivity index (χ1n) is 4.64. The summed E-state index contributed by atoms with van der Waals surface area (Å²) >= 11 is 9.06. The van der Waals surface area contributed by atoms with Crippen LogP contribution in [-0.4, -0.2) is 9.97 Å². The van der Waals surface area contributed by atoms with Crippen LogP contribution in [0.5, 0.6) is 0 Å². The Morgan fingerprint density at radius 3 is 2.59 bits per heavy atom. The van der Waals surface area contributed by atoms with E-state index in [4.69, 9.17) is 16.9 Å². The lowest BCUT2D eigenvalue weighted by Gasteiger charge is -2.05. The predicted octanol–water partition coefficient (Wildman–Crippen LogP) is 3.51. The summed E-state index contributed by atoms with van der Waals surface area (Å²) in [4.78, 5) is 8.10. The topological polar surface area (TPSA) is 61.6 Å². The van der Waals surface area contributed by atoms with Crippen molar-refractivity contribution in [2.75, 3.05) is 5.32 Å². The maximum absolute atomic E-state index is 8.67. The summed E-state index contributed by atoms with van der Waals surface area (Å²) in [5.74, 6) is 0.405. The molecule has 17 heavy (non-hydrogen) atoms. The Morgan fingerprint density at radius 2 is 2.00 bits per heavy atom. The third kappa shape index (κ3) is 2.93. The van der Waals surface area contributed by atoms with Gasteiger partial charge in [0.1, 0.15) is 5.15 Å². The smallest absolute Gasteiger partial charge is 0.228 e. The van der Waals surface area contributed by atoms with Crippen molar-refractivity contribution in [1.29, 1.82) is 5.26 Å². The second kappa shape index (κ2) is 5.13. The summed E-state index contributed by atoms with van der Waals surface area (Å²) < 4.78 is 0.643. The van der Waals surface area contributed by atoms with Crippen molar-refractivity contribution < 1.29 is 0 Å². The molecule has 0 aliphatic rings. The fourth-order valence-electron chi connectivity index (χ4n) is 1.16. The van der Waals surface area contributed by atoms with E-state index in [-0.39, 0.29) is 0 Å². The predicted molar refractivity (Wildman–Crippen MR) is 69.2 cm³/mol. The van der Waals surface area contributed by atoms with E-state index < -0.39 is 0 Å². The van der Waals surface area contributed by atoms with E-state index in [1.165, 1.54) is 0 Å². The van der Waals surface area contributed by atoms with Gasteiger partial charge in [0.25, 0.3) is 0 Å². The van der Waals surface area contributed by atoms with E-state index in [2.05, 4.69) is 31.2 Å². The SMILES string of the molecule is N#Cc1ccc(Nc2ncc(Br)c(Cl)n2)cc1. The molecule has 6 heteroatoms. The minimum absolute atomic E-state index is 0.344. The van der Waals surface area contributed by atoms with Gasteiger partial charge < -0.3 is 5.32 Å². The number of nitrogens with zero attached hydrogens (tertiary/aromatic N) is 3. The first-order chi connectivity index (χ1) is 8.19. The second-order valence-electron chi connectivity index (χ2n) is 3.15. The number of rotatable bonds is 2. The van der Waals surface area contributed by atoms with Crippen molar-refractivity contribution in [2.45, 2.75) is 0 Å². The first kappa shape index (κ1) is 11.8. The maximum atomic E-state index is 8.67. The standard InChI is InChI=1S/C11H6BrClN4/c12-9-6-15-11(17-10(9)13)16-8-3-1-7(5-14)2-4-8/h1-4,6H,(H,15,16,17). The molecule has 84 valence electrons. The van der Waals surface area contributed by atoms with Crippen molar-refractivity contribution in [3.05, 3.63) is 45.7 Å². The molecule has 0 aliphatic heterocycles. The zero-order valence-corrected chi connectivity index (χ0v) is 10.8. The second-order valence-corrected chi connectivity index (χ2v) is 4.36. The van der Waals surface area contributed by atoms with Crippen LogP contribution in [-0.2, 0) is 0 Å². The van der Waals surface area contributed by atoms with Gasteiger partial charge in [0.05, 0.1) is 16.1 Å². The Hall–Kier alpha value is -1.64. The molecule has 1 N–H and O–H groups in total. The van der Waals surface area contributed by atoms with Gasteiger partial charge in [-0.3, -0.25) is 0 Å². The summed E-state index contributed by atoms with van der Waals surface area (Å²) in [6.07, 6.45) is 1.57. The van der Waals surface area contributed by atoms with Crippen molar-refractivity contribution in [3.63, 3.8) is 0 Å². The lowest BCUT2D eigenvalue weighted by molar-refractivity contribution is 1.15. The number of hydrogen-bond donors (Lipinski definition) is 1. The van der Waals surface area contributed by atoms with Crippen molar-refractivity contribution in [1.82, 2.24) is 9.97 Å². The zero-order chi connectivity index (χ0) is 12.3. The lowest BCUT2D eigenvalue weighted by Crippen LogP contribution is -1.97. The summed E-state index contributed by atoms with van der Waals surface area (Å²) in [5.41, 5.74) is 1.40. The Bertz CT molecular complexity index is 577. The third-order valence-electron chi connectivity index (χ3n) is 1.97. The number of benzene rings is 1. The van der Waals surface area contributed by atoms with Crippen LogP contribution < -0.4 is 5.32 Å². The van der Waals surface area contributed by atoms with Gasteiger partial charge >= 0.3 is 0 Å². The maximum Gasteiger partial charge on any atom is 0.228 e. The minimum Gasteiger partial charge on any atom is -0.324 e. The molecular formula is C11H6BrClN4. The van der Waals surface area contributed by atoms with Gasteiger partial charge in [-0.15, -0.1) is 0 Å². The summed E-state index contributed by atoms with van der Waals surface area (Å²) in [6.45, 7) is 0. The highest BCUT2D eigenvalue weighted by molar-refractivity contribution is 9.10. The van der Waals surface area contributed by atoms with Crippen LogP contribution >= 0.6 is 27.5 Å². The van der Waals surface area contributed by atoms with Crippen LogP contribution in [0.15, 0.2) is 34.9 Å². The number of anilines is 2. The monoisotopic (exact) mass is 308 g/mol. The largest absolute Gasteiger partial charge is 0.324 e. The highest BCUT2D eigenvalue weighted by atomic mass is 79.9. The molecule has 0 atom stereocenters. The quantitative estimate of drug-likeness (QED) is 0.862. The van der Waals surface area contributed by atoms with Crippen LogP contribution in [0.1, 0.15) is 5.56 Å². The number of nitriles is 1. The Kier molecular flexibility index (Phi) is 3.57. The minimum atomic E-state index is 0.344. The molecule has 0 amide bonds. The summed E-state index contributed by atoms with van der Waals surface area (Å²) in [5, 5.41) is 12.0. The lowest BCUT2D eigenvalue weighted by atomic mass is 10.2. The van der Waals surface area contributed by atoms with Gasteiger partial charge in [-0.1, -0.05) is 11.6 Å².